The third-order valence-corrected chi connectivity index (χ3v) is 9.39. The van der Waals surface area contributed by atoms with Crippen LogP contribution in [-0.4, -0.2) is 61.6 Å². The lowest BCUT2D eigenvalue weighted by Crippen LogP contribution is -2.52. The van der Waals surface area contributed by atoms with Crippen LogP contribution in [0.1, 0.15) is 70.1 Å². The van der Waals surface area contributed by atoms with Crippen molar-refractivity contribution in [3.05, 3.63) is 101 Å². The summed E-state index contributed by atoms with van der Waals surface area (Å²) in [6.45, 7) is 3.20. The topological polar surface area (TPSA) is 120 Å². The highest BCUT2D eigenvalue weighted by Gasteiger charge is 2.39. The molecule has 8 rings (SSSR count). The lowest BCUT2D eigenvalue weighted by molar-refractivity contribution is -0.136. The molecular formula is C35H33N7O3. The number of aromatic nitrogens is 3. The van der Waals surface area contributed by atoms with Gasteiger partial charge in [-0.3, -0.25) is 24.6 Å². The fourth-order valence-electron chi connectivity index (χ4n) is 6.60. The van der Waals surface area contributed by atoms with E-state index in [-0.39, 0.29) is 24.1 Å². The summed E-state index contributed by atoms with van der Waals surface area (Å²) in [6.07, 6.45) is 8.77. The van der Waals surface area contributed by atoms with E-state index in [0.29, 0.717) is 42.1 Å². The van der Waals surface area contributed by atoms with Gasteiger partial charge in [-0.25, -0.2) is 15.0 Å². The van der Waals surface area contributed by atoms with Gasteiger partial charge in [0, 0.05) is 68.2 Å². The molecule has 10 heteroatoms. The summed E-state index contributed by atoms with van der Waals surface area (Å²) in [5.41, 5.74) is 7.48. The second kappa shape index (κ2) is 11.2. The van der Waals surface area contributed by atoms with Gasteiger partial charge in [0.15, 0.2) is 0 Å². The summed E-state index contributed by atoms with van der Waals surface area (Å²) in [4.78, 5) is 54.3. The average Bonchev–Trinajstić information content (AvgIpc) is 3.83. The minimum absolute atomic E-state index is 0.128. The Labute approximate surface area is 260 Å². The van der Waals surface area contributed by atoms with Crippen LogP contribution in [0.3, 0.4) is 0 Å². The Hall–Kier alpha value is -4.96. The Bertz CT molecular complexity index is 1780. The van der Waals surface area contributed by atoms with Crippen molar-refractivity contribution in [2.24, 2.45) is 0 Å². The van der Waals surface area contributed by atoms with Crippen molar-refractivity contribution in [2.45, 2.75) is 56.7 Å². The van der Waals surface area contributed by atoms with Crippen LogP contribution in [0.5, 0.6) is 0 Å². The Morgan fingerprint density at radius 1 is 0.800 bits per heavy atom. The second-order valence-corrected chi connectivity index (χ2v) is 12.6. The van der Waals surface area contributed by atoms with Crippen LogP contribution in [-0.2, 0) is 22.7 Å². The van der Waals surface area contributed by atoms with Gasteiger partial charge in [0.1, 0.15) is 11.9 Å². The standard InChI is InChI=1S/C35H33N7O3/c43-32-12-10-30(33(44)40-32)42-20-26-13-24(7-9-29(26)34(42)45)28-18-41(19-28)17-21-1-3-22(4-2-21)25-8-11-31(36-14-25)39-35-37-15-27(16-38-35)23-5-6-23/h1-4,7-9,11,13-16,23,28,30H,5-6,10,12,17-20H2,(H,40,43,44)(H,36,37,38,39). The van der Waals surface area contributed by atoms with E-state index in [2.05, 4.69) is 66.9 Å². The minimum atomic E-state index is -0.584. The summed E-state index contributed by atoms with van der Waals surface area (Å²) < 4.78 is 0. The molecule has 3 amide bonds. The first-order valence-corrected chi connectivity index (χ1v) is 15.6. The molecule has 2 saturated heterocycles. The second-order valence-electron chi connectivity index (χ2n) is 12.6. The van der Waals surface area contributed by atoms with Gasteiger partial charge in [0.25, 0.3) is 5.91 Å². The highest BCUT2D eigenvalue weighted by molar-refractivity contribution is 6.05. The van der Waals surface area contributed by atoms with Crippen molar-refractivity contribution in [3.63, 3.8) is 0 Å². The summed E-state index contributed by atoms with van der Waals surface area (Å²) in [5.74, 6) is 1.54. The van der Waals surface area contributed by atoms with Crippen molar-refractivity contribution in [1.29, 1.82) is 0 Å². The molecule has 0 spiro atoms. The molecule has 1 unspecified atom stereocenters. The van der Waals surface area contributed by atoms with Gasteiger partial charge < -0.3 is 10.2 Å². The molecule has 5 heterocycles. The van der Waals surface area contributed by atoms with E-state index in [1.54, 1.807) is 4.90 Å². The number of rotatable bonds is 8. The molecule has 4 aliphatic rings. The van der Waals surface area contributed by atoms with Gasteiger partial charge >= 0.3 is 0 Å². The highest BCUT2D eigenvalue weighted by Crippen LogP contribution is 2.39. The van der Waals surface area contributed by atoms with E-state index in [9.17, 15) is 14.4 Å². The van der Waals surface area contributed by atoms with Crippen LogP contribution in [0.25, 0.3) is 11.1 Å². The van der Waals surface area contributed by atoms with Crippen molar-refractivity contribution < 1.29 is 14.4 Å². The number of carbonyl (C=O) groups excluding carboxylic acids is 3. The quantitative estimate of drug-likeness (QED) is 0.284. The number of benzene rings is 2. The van der Waals surface area contributed by atoms with Gasteiger partial charge in [-0.2, -0.15) is 0 Å². The molecule has 2 aromatic heterocycles. The molecular weight excluding hydrogens is 566 g/mol. The maximum atomic E-state index is 13.0. The number of imide groups is 1. The highest BCUT2D eigenvalue weighted by atomic mass is 16.2. The summed E-state index contributed by atoms with van der Waals surface area (Å²) in [5, 5.41) is 5.55. The van der Waals surface area contributed by atoms with Crippen molar-refractivity contribution in [1.82, 2.24) is 30.1 Å². The average molecular weight is 600 g/mol. The van der Waals surface area contributed by atoms with Gasteiger partial charge in [0.05, 0.1) is 0 Å². The third kappa shape index (κ3) is 5.57. The van der Waals surface area contributed by atoms with E-state index < -0.39 is 6.04 Å². The summed E-state index contributed by atoms with van der Waals surface area (Å²) in [7, 11) is 0. The van der Waals surface area contributed by atoms with Crippen molar-refractivity contribution in [2.75, 3.05) is 18.4 Å². The fourth-order valence-corrected chi connectivity index (χ4v) is 6.60. The lowest BCUT2D eigenvalue weighted by Gasteiger charge is -2.39. The monoisotopic (exact) mass is 599 g/mol. The zero-order chi connectivity index (χ0) is 30.5. The van der Waals surface area contributed by atoms with Crippen LogP contribution in [0, 0.1) is 0 Å². The third-order valence-electron chi connectivity index (χ3n) is 9.39. The molecule has 1 saturated carbocycles. The maximum absolute atomic E-state index is 13.0. The Morgan fingerprint density at radius 2 is 1.58 bits per heavy atom. The summed E-state index contributed by atoms with van der Waals surface area (Å²) in [6, 6.07) is 18.1. The minimum Gasteiger partial charge on any atom is -0.322 e. The number of pyridine rings is 1. The smallest absolute Gasteiger partial charge is 0.255 e. The van der Waals surface area contributed by atoms with Crippen LogP contribution >= 0.6 is 0 Å². The predicted molar refractivity (Wildman–Crippen MR) is 167 cm³/mol. The fraction of sp³-hybridized carbons (Fsp3) is 0.314. The largest absolute Gasteiger partial charge is 0.322 e. The van der Waals surface area contributed by atoms with Crippen LogP contribution in [0.4, 0.5) is 11.8 Å². The van der Waals surface area contributed by atoms with E-state index in [1.807, 2.05) is 36.8 Å². The number of piperidine rings is 1. The number of anilines is 2. The molecule has 45 heavy (non-hydrogen) atoms. The SMILES string of the molecule is O=C1CCC(N2Cc3cc(C4CN(Cc5ccc(-c6ccc(Nc7ncc(C8CC8)cn7)nc6)cc5)C4)ccc3C2=O)C(=O)N1. The normalized spacial score (nSPS) is 20.1. The number of hydrogen-bond acceptors (Lipinski definition) is 8. The zero-order valence-corrected chi connectivity index (χ0v) is 24.8. The molecule has 1 aliphatic carbocycles. The first kappa shape index (κ1) is 27.6. The molecule has 2 N–H and O–H groups in total. The van der Waals surface area contributed by atoms with Crippen molar-refractivity contribution >= 4 is 29.5 Å². The van der Waals surface area contributed by atoms with Crippen LogP contribution in [0.15, 0.2) is 73.2 Å². The van der Waals surface area contributed by atoms with Gasteiger partial charge in [0.2, 0.25) is 17.8 Å². The number of nitrogens with zero attached hydrogens (tertiary/aromatic N) is 5. The molecule has 4 aromatic rings. The molecule has 10 nitrogen and oxygen atoms in total. The Morgan fingerprint density at radius 3 is 2.29 bits per heavy atom. The first-order chi connectivity index (χ1) is 22.0. The number of fused-ring (bicyclic) bond motifs is 1. The first-order valence-electron chi connectivity index (χ1n) is 15.6. The number of nitrogens with one attached hydrogen (secondary N) is 2. The number of hydrogen-bond donors (Lipinski definition) is 2. The molecule has 226 valence electrons. The molecule has 0 bridgehead atoms. The number of carbonyl (C=O) groups is 3. The molecule has 1 atom stereocenters. The molecule has 2 aromatic carbocycles. The maximum Gasteiger partial charge on any atom is 0.255 e. The van der Waals surface area contributed by atoms with Crippen molar-refractivity contribution in [3.8, 4) is 11.1 Å². The van der Waals surface area contributed by atoms with Gasteiger partial charge in [-0.1, -0.05) is 36.4 Å². The summed E-state index contributed by atoms with van der Waals surface area (Å²) >= 11 is 0. The molecule has 3 aliphatic heterocycles. The van der Waals surface area contributed by atoms with Crippen LogP contribution < -0.4 is 10.6 Å². The number of likely N-dealkylation sites (tertiary alicyclic amines) is 1. The van der Waals surface area contributed by atoms with Gasteiger partial charge in [-0.05, 0) is 71.2 Å². The molecule has 3 fully saturated rings. The Kier molecular flexibility index (Phi) is 6.86. The Balaban J connectivity index is 0.840. The van der Waals surface area contributed by atoms with E-state index >= 15 is 0 Å². The number of amides is 3. The van der Waals surface area contributed by atoms with E-state index in [1.165, 1.54) is 29.5 Å². The van der Waals surface area contributed by atoms with Crippen LogP contribution in [0.2, 0.25) is 0 Å². The zero-order valence-electron chi connectivity index (χ0n) is 24.8. The van der Waals surface area contributed by atoms with E-state index in [4.69, 9.17) is 0 Å². The molecule has 0 radical (unpaired) electrons. The lowest BCUT2D eigenvalue weighted by atomic mass is 9.89. The van der Waals surface area contributed by atoms with Gasteiger partial charge in [-0.15, -0.1) is 0 Å². The predicted octanol–water partition coefficient (Wildman–Crippen LogP) is 4.52. The van der Waals surface area contributed by atoms with E-state index in [0.717, 1.165) is 36.3 Å².